The van der Waals surface area contributed by atoms with Gasteiger partial charge in [0.25, 0.3) is 0 Å². The molecule has 2 unspecified atom stereocenters. The highest BCUT2D eigenvalue weighted by atomic mass is 19.1. The molecule has 0 aliphatic carbocycles. The molecule has 2 atom stereocenters. The van der Waals surface area contributed by atoms with E-state index in [1.807, 2.05) is 19.1 Å². The van der Waals surface area contributed by atoms with Crippen LogP contribution in [0.25, 0.3) is 0 Å². The number of hydrogen-bond acceptors (Lipinski definition) is 2. The third-order valence-corrected chi connectivity index (χ3v) is 3.62. The number of nitrogens with zero attached hydrogens (tertiary/aromatic N) is 1. The molecule has 2 rings (SSSR count). The fraction of sp³-hybridized carbons (Fsp3) is 0.600. The van der Waals surface area contributed by atoms with E-state index < -0.39 is 0 Å². The van der Waals surface area contributed by atoms with Gasteiger partial charge in [-0.05, 0) is 50.4 Å². The molecule has 0 saturated carbocycles. The van der Waals surface area contributed by atoms with Gasteiger partial charge in [0.2, 0.25) is 0 Å². The molecule has 0 aromatic heterocycles. The summed E-state index contributed by atoms with van der Waals surface area (Å²) >= 11 is 0. The predicted molar refractivity (Wildman–Crippen MR) is 74.6 cm³/mol. The van der Waals surface area contributed by atoms with Crippen molar-refractivity contribution < 1.29 is 4.39 Å². The molecule has 3 heteroatoms. The second-order valence-electron chi connectivity index (χ2n) is 5.60. The number of aryl methyl sites for hydroxylation is 1. The zero-order chi connectivity index (χ0) is 13.1. The van der Waals surface area contributed by atoms with E-state index in [9.17, 15) is 4.39 Å². The van der Waals surface area contributed by atoms with Gasteiger partial charge in [0.1, 0.15) is 5.82 Å². The van der Waals surface area contributed by atoms with Crippen LogP contribution in [0.15, 0.2) is 18.2 Å². The molecule has 1 fully saturated rings. The summed E-state index contributed by atoms with van der Waals surface area (Å²) in [5, 5.41) is 3.51. The van der Waals surface area contributed by atoms with Gasteiger partial charge in [-0.1, -0.05) is 13.0 Å². The van der Waals surface area contributed by atoms with Crippen molar-refractivity contribution in [1.29, 1.82) is 0 Å². The lowest BCUT2D eigenvalue weighted by Gasteiger charge is -2.33. The van der Waals surface area contributed by atoms with Crippen molar-refractivity contribution in [1.82, 2.24) is 5.32 Å². The molecule has 0 radical (unpaired) electrons. The molecule has 100 valence electrons. The zero-order valence-corrected chi connectivity index (χ0v) is 11.5. The number of anilines is 1. The number of rotatable bonds is 1. The Morgan fingerprint density at radius 3 is 2.89 bits per heavy atom. The molecule has 1 aliphatic heterocycles. The summed E-state index contributed by atoms with van der Waals surface area (Å²) < 4.78 is 14.0. The molecule has 1 heterocycles. The Labute approximate surface area is 109 Å². The van der Waals surface area contributed by atoms with E-state index in [0.717, 1.165) is 37.3 Å². The summed E-state index contributed by atoms with van der Waals surface area (Å²) in [5.41, 5.74) is 1.88. The number of benzene rings is 1. The standard InChI is InChI=1S/C15H23FN2/c1-11-4-5-14(16)15(8-11)18-7-6-13(3)17-9-12(2)10-18/h4-5,8,12-13,17H,6-7,9-10H2,1-3H3. The molecule has 1 N–H and O–H groups in total. The first-order valence-electron chi connectivity index (χ1n) is 6.80. The van der Waals surface area contributed by atoms with Crippen LogP contribution in [-0.4, -0.2) is 25.7 Å². The van der Waals surface area contributed by atoms with Crippen molar-refractivity contribution in [2.75, 3.05) is 24.5 Å². The monoisotopic (exact) mass is 250 g/mol. The van der Waals surface area contributed by atoms with E-state index in [1.54, 1.807) is 6.07 Å². The van der Waals surface area contributed by atoms with Crippen LogP contribution < -0.4 is 10.2 Å². The van der Waals surface area contributed by atoms with Crippen LogP contribution in [0.5, 0.6) is 0 Å². The lowest BCUT2D eigenvalue weighted by atomic mass is 10.1. The molecule has 0 spiro atoms. The van der Waals surface area contributed by atoms with Gasteiger partial charge < -0.3 is 10.2 Å². The van der Waals surface area contributed by atoms with E-state index in [4.69, 9.17) is 0 Å². The highest BCUT2D eigenvalue weighted by Gasteiger charge is 2.19. The van der Waals surface area contributed by atoms with Crippen LogP contribution in [0.2, 0.25) is 0 Å². The van der Waals surface area contributed by atoms with Gasteiger partial charge >= 0.3 is 0 Å². The van der Waals surface area contributed by atoms with Crippen LogP contribution in [0.3, 0.4) is 0 Å². The summed E-state index contributed by atoms with van der Waals surface area (Å²) in [5.74, 6) is 0.432. The Bertz CT molecular complexity index is 405. The van der Waals surface area contributed by atoms with Crippen molar-refractivity contribution in [3.63, 3.8) is 0 Å². The second kappa shape index (κ2) is 5.70. The minimum Gasteiger partial charge on any atom is -0.369 e. The van der Waals surface area contributed by atoms with Gasteiger partial charge in [0.15, 0.2) is 0 Å². The molecule has 2 nitrogen and oxygen atoms in total. The normalized spacial score (nSPS) is 25.7. The fourth-order valence-corrected chi connectivity index (χ4v) is 2.47. The highest BCUT2D eigenvalue weighted by molar-refractivity contribution is 5.50. The van der Waals surface area contributed by atoms with E-state index in [-0.39, 0.29) is 5.82 Å². The summed E-state index contributed by atoms with van der Waals surface area (Å²) in [6.07, 6.45) is 1.06. The molecule has 1 aliphatic rings. The Balaban J connectivity index is 2.21. The number of hydrogen-bond donors (Lipinski definition) is 1. The topological polar surface area (TPSA) is 15.3 Å². The molecule has 1 aromatic rings. The summed E-state index contributed by atoms with van der Waals surface area (Å²) in [6.45, 7) is 9.26. The number of nitrogens with one attached hydrogen (secondary N) is 1. The Hall–Kier alpha value is -1.09. The smallest absolute Gasteiger partial charge is 0.146 e. The average Bonchev–Trinajstić information content (AvgIpc) is 2.33. The first-order valence-corrected chi connectivity index (χ1v) is 6.80. The first-order chi connectivity index (χ1) is 8.56. The Kier molecular flexibility index (Phi) is 4.23. The van der Waals surface area contributed by atoms with Crippen LogP contribution in [0.4, 0.5) is 10.1 Å². The van der Waals surface area contributed by atoms with Crippen LogP contribution in [-0.2, 0) is 0 Å². The molecule has 18 heavy (non-hydrogen) atoms. The molecule has 0 bridgehead atoms. The van der Waals surface area contributed by atoms with Crippen molar-refractivity contribution >= 4 is 5.69 Å². The van der Waals surface area contributed by atoms with Crippen molar-refractivity contribution in [2.45, 2.75) is 33.2 Å². The SMILES string of the molecule is Cc1ccc(F)c(N2CCC(C)NCC(C)C2)c1. The molecule has 0 amide bonds. The van der Waals surface area contributed by atoms with E-state index in [1.165, 1.54) is 0 Å². The molecule has 1 saturated heterocycles. The van der Waals surface area contributed by atoms with Gasteiger partial charge in [0.05, 0.1) is 5.69 Å². The van der Waals surface area contributed by atoms with Crippen molar-refractivity contribution in [3.8, 4) is 0 Å². The average molecular weight is 250 g/mol. The zero-order valence-electron chi connectivity index (χ0n) is 11.5. The van der Waals surface area contributed by atoms with Gasteiger partial charge in [-0.3, -0.25) is 0 Å². The molecule has 1 aromatic carbocycles. The lowest BCUT2D eigenvalue weighted by molar-refractivity contribution is 0.408. The highest BCUT2D eigenvalue weighted by Crippen LogP contribution is 2.23. The maximum atomic E-state index is 14.0. The predicted octanol–water partition coefficient (Wildman–Crippen LogP) is 2.96. The van der Waals surface area contributed by atoms with Gasteiger partial charge in [-0.2, -0.15) is 0 Å². The van der Waals surface area contributed by atoms with Crippen molar-refractivity contribution in [3.05, 3.63) is 29.6 Å². The fourth-order valence-electron chi connectivity index (χ4n) is 2.47. The maximum absolute atomic E-state index is 14.0. The van der Waals surface area contributed by atoms with Crippen LogP contribution in [0.1, 0.15) is 25.8 Å². The second-order valence-corrected chi connectivity index (χ2v) is 5.60. The van der Waals surface area contributed by atoms with E-state index >= 15 is 0 Å². The summed E-state index contributed by atoms with van der Waals surface area (Å²) in [7, 11) is 0. The number of halogens is 1. The summed E-state index contributed by atoms with van der Waals surface area (Å²) in [4.78, 5) is 2.20. The van der Waals surface area contributed by atoms with Crippen LogP contribution >= 0.6 is 0 Å². The van der Waals surface area contributed by atoms with Crippen molar-refractivity contribution in [2.24, 2.45) is 5.92 Å². The van der Waals surface area contributed by atoms with Gasteiger partial charge in [-0.25, -0.2) is 4.39 Å². The van der Waals surface area contributed by atoms with Crippen LogP contribution in [0, 0.1) is 18.7 Å². The third kappa shape index (κ3) is 3.22. The lowest BCUT2D eigenvalue weighted by Crippen LogP contribution is -2.42. The quantitative estimate of drug-likeness (QED) is 0.824. The Morgan fingerprint density at radius 1 is 1.33 bits per heavy atom. The first kappa shape index (κ1) is 13.3. The van der Waals surface area contributed by atoms with Gasteiger partial charge in [-0.15, -0.1) is 0 Å². The molecular formula is C15H23FN2. The van der Waals surface area contributed by atoms with Gasteiger partial charge in [0, 0.05) is 19.1 Å². The third-order valence-electron chi connectivity index (χ3n) is 3.62. The largest absolute Gasteiger partial charge is 0.369 e. The summed E-state index contributed by atoms with van der Waals surface area (Å²) in [6, 6.07) is 5.87. The van der Waals surface area contributed by atoms with E-state index in [2.05, 4.69) is 24.1 Å². The minimum absolute atomic E-state index is 0.103. The molecular weight excluding hydrogens is 227 g/mol. The van der Waals surface area contributed by atoms with E-state index in [0.29, 0.717) is 12.0 Å². The maximum Gasteiger partial charge on any atom is 0.146 e. The Morgan fingerprint density at radius 2 is 2.11 bits per heavy atom. The minimum atomic E-state index is -0.103.